The maximum absolute atomic E-state index is 9.98. The van der Waals surface area contributed by atoms with Gasteiger partial charge < -0.3 is 5.11 Å². The van der Waals surface area contributed by atoms with Gasteiger partial charge in [0.2, 0.25) is 0 Å². The maximum Gasteiger partial charge on any atom is 0.0887 e. The van der Waals surface area contributed by atoms with E-state index in [1.165, 1.54) is 5.56 Å². The average Bonchev–Trinajstić information content (AvgIpc) is 2.28. The van der Waals surface area contributed by atoms with Crippen LogP contribution in [0.15, 0.2) is 9.85 Å². The van der Waals surface area contributed by atoms with E-state index in [1.54, 1.807) is 11.3 Å². The van der Waals surface area contributed by atoms with Crippen LogP contribution >= 0.6 is 27.3 Å². The zero-order valence-corrected chi connectivity index (χ0v) is 11.5. The van der Waals surface area contributed by atoms with Crippen molar-refractivity contribution >= 4 is 27.3 Å². The minimum atomic E-state index is -0.329. The molecule has 0 aliphatic rings. The molecule has 1 N–H and O–H groups in total. The predicted molar refractivity (Wildman–Crippen MR) is 65.8 cm³/mol. The number of aryl methyl sites for hydroxylation is 1. The summed E-state index contributed by atoms with van der Waals surface area (Å²) in [5, 5.41) is 9.98. The Morgan fingerprint density at radius 1 is 1.50 bits per heavy atom. The lowest BCUT2D eigenvalue weighted by molar-refractivity contribution is 0.125. The molecule has 3 heteroatoms. The number of aliphatic hydroxyl groups is 1. The van der Waals surface area contributed by atoms with Crippen LogP contribution in [0.4, 0.5) is 0 Å². The molecule has 0 aliphatic heterocycles. The normalized spacial score (nSPS) is 14.4. The van der Waals surface area contributed by atoms with Crippen LogP contribution in [0.25, 0.3) is 0 Å². The van der Waals surface area contributed by atoms with E-state index in [2.05, 4.69) is 42.8 Å². The third kappa shape index (κ3) is 3.37. The molecule has 1 aromatic heterocycles. The van der Waals surface area contributed by atoms with Gasteiger partial charge in [-0.3, -0.25) is 0 Å². The summed E-state index contributed by atoms with van der Waals surface area (Å²) in [7, 11) is 0. The lowest BCUT2D eigenvalue weighted by Gasteiger charge is -2.21. The van der Waals surface area contributed by atoms with Gasteiger partial charge in [0.1, 0.15) is 0 Å². The van der Waals surface area contributed by atoms with Gasteiger partial charge in [-0.25, -0.2) is 0 Å². The Morgan fingerprint density at radius 3 is 2.43 bits per heavy atom. The van der Waals surface area contributed by atoms with Crippen LogP contribution in [0.3, 0.4) is 0 Å². The van der Waals surface area contributed by atoms with Crippen LogP contribution in [-0.2, 0) is 0 Å². The molecule has 1 heterocycles. The number of hydrogen-bond donors (Lipinski definition) is 1. The highest BCUT2D eigenvalue weighted by molar-refractivity contribution is 9.11. The number of thiophene rings is 1. The summed E-state index contributed by atoms with van der Waals surface area (Å²) in [6, 6.07) is 2.06. The van der Waals surface area contributed by atoms with Crippen molar-refractivity contribution < 1.29 is 5.11 Å². The van der Waals surface area contributed by atoms with Crippen LogP contribution in [-0.4, -0.2) is 5.11 Å². The number of hydrogen-bond acceptors (Lipinski definition) is 2. The molecule has 1 atom stereocenters. The molecule has 1 aromatic rings. The average molecular weight is 277 g/mol. The summed E-state index contributed by atoms with van der Waals surface area (Å²) < 4.78 is 1.13. The third-order valence-electron chi connectivity index (χ3n) is 2.01. The molecule has 0 saturated carbocycles. The fraction of sp³-hybridized carbons (Fsp3) is 0.636. The first-order chi connectivity index (χ1) is 6.29. The maximum atomic E-state index is 9.98. The molecular formula is C11H17BrOS. The molecule has 0 spiro atoms. The molecule has 0 bridgehead atoms. The zero-order valence-electron chi connectivity index (χ0n) is 9.10. The fourth-order valence-electron chi connectivity index (χ4n) is 1.33. The van der Waals surface area contributed by atoms with Crippen LogP contribution < -0.4 is 0 Å². The second-order valence-corrected chi connectivity index (χ2v) is 7.29. The summed E-state index contributed by atoms with van der Waals surface area (Å²) in [6.07, 6.45) is 0.476. The van der Waals surface area contributed by atoms with Gasteiger partial charge in [-0.2, -0.15) is 0 Å². The summed E-state index contributed by atoms with van der Waals surface area (Å²) in [5.41, 5.74) is 1.38. The van der Waals surface area contributed by atoms with Crippen molar-refractivity contribution in [1.82, 2.24) is 0 Å². The first-order valence-electron chi connectivity index (χ1n) is 4.73. The topological polar surface area (TPSA) is 20.2 Å². The zero-order chi connectivity index (χ0) is 10.9. The van der Waals surface area contributed by atoms with Crippen molar-refractivity contribution in [2.45, 2.75) is 40.2 Å². The SMILES string of the molecule is Cc1cc(C(O)CC(C)(C)C)sc1Br. The van der Waals surface area contributed by atoms with E-state index < -0.39 is 0 Å². The van der Waals surface area contributed by atoms with E-state index in [0.717, 1.165) is 15.1 Å². The van der Waals surface area contributed by atoms with Gasteiger partial charge >= 0.3 is 0 Å². The van der Waals surface area contributed by atoms with Crippen LogP contribution in [0.5, 0.6) is 0 Å². The molecule has 0 aromatic carbocycles. The predicted octanol–water partition coefficient (Wildman–Crippen LogP) is 4.29. The van der Waals surface area contributed by atoms with Crippen molar-refractivity contribution in [2.24, 2.45) is 5.41 Å². The van der Waals surface area contributed by atoms with E-state index in [9.17, 15) is 5.11 Å². The van der Waals surface area contributed by atoms with Crippen LogP contribution in [0.2, 0.25) is 0 Å². The van der Waals surface area contributed by atoms with E-state index in [4.69, 9.17) is 0 Å². The first kappa shape index (κ1) is 12.2. The summed E-state index contributed by atoms with van der Waals surface area (Å²) >= 11 is 5.10. The Hall–Kier alpha value is 0.140. The van der Waals surface area contributed by atoms with Gasteiger partial charge in [0.25, 0.3) is 0 Å². The summed E-state index contributed by atoms with van der Waals surface area (Å²) in [6.45, 7) is 8.48. The standard InChI is InChI=1S/C11H17BrOS/c1-7-5-9(14-10(7)12)8(13)6-11(2,3)4/h5,8,13H,6H2,1-4H3. The van der Waals surface area contributed by atoms with E-state index in [-0.39, 0.29) is 11.5 Å². The van der Waals surface area contributed by atoms with Gasteiger partial charge in [0, 0.05) is 4.88 Å². The second-order valence-electron chi connectivity index (χ2n) is 4.89. The van der Waals surface area contributed by atoms with E-state index in [1.807, 2.05) is 6.92 Å². The molecule has 0 radical (unpaired) electrons. The van der Waals surface area contributed by atoms with Gasteiger partial charge in [0.05, 0.1) is 9.89 Å². The largest absolute Gasteiger partial charge is 0.388 e. The summed E-state index contributed by atoms with van der Waals surface area (Å²) in [4.78, 5) is 1.06. The molecule has 0 saturated heterocycles. The minimum Gasteiger partial charge on any atom is -0.388 e. The molecule has 0 fully saturated rings. The Bertz CT molecular complexity index is 292. The van der Waals surface area contributed by atoms with Crippen LogP contribution in [0.1, 0.15) is 43.7 Å². The molecule has 80 valence electrons. The van der Waals surface area contributed by atoms with E-state index in [0.29, 0.717) is 0 Å². The highest BCUT2D eigenvalue weighted by Gasteiger charge is 2.19. The van der Waals surface area contributed by atoms with Crippen molar-refractivity contribution in [3.63, 3.8) is 0 Å². The fourth-order valence-corrected chi connectivity index (χ4v) is 2.89. The van der Waals surface area contributed by atoms with Gasteiger partial charge in [-0.1, -0.05) is 20.8 Å². The van der Waals surface area contributed by atoms with Crippen molar-refractivity contribution in [2.75, 3.05) is 0 Å². The Kier molecular flexibility index (Phi) is 3.78. The number of aliphatic hydroxyl groups excluding tert-OH is 1. The molecular weight excluding hydrogens is 260 g/mol. The lowest BCUT2D eigenvalue weighted by atomic mass is 9.89. The van der Waals surface area contributed by atoms with Crippen molar-refractivity contribution in [1.29, 1.82) is 0 Å². The Labute approximate surface area is 98.3 Å². The second kappa shape index (κ2) is 4.33. The quantitative estimate of drug-likeness (QED) is 0.855. The lowest BCUT2D eigenvalue weighted by Crippen LogP contribution is -2.10. The van der Waals surface area contributed by atoms with Gasteiger partial charge in [-0.15, -0.1) is 11.3 Å². The number of halogens is 1. The highest BCUT2D eigenvalue weighted by atomic mass is 79.9. The minimum absolute atomic E-state index is 0.170. The van der Waals surface area contributed by atoms with Gasteiger partial charge in [-0.05, 0) is 46.3 Å². The molecule has 0 aliphatic carbocycles. The van der Waals surface area contributed by atoms with Gasteiger partial charge in [0.15, 0.2) is 0 Å². The third-order valence-corrected chi connectivity index (χ3v) is 4.25. The first-order valence-corrected chi connectivity index (χ1v) is 6.34. The molecule has 0 amide bonds. The van der Waals surface area contributed by atoms with Crippen molar-refractivity contribution in [3.05, 3.63) is 20.3 Å². The molecule has 1 unspecified atom stereocenters. The smallest absolute Gasteiger partial charge is 0.0887 e. The molecule has 1 rings (SSSR count). The summed E-state index contributed by atoms with van der Waals surface area (Å²) in [5.74, 6) is 0. The molecule has 1 nitrogen and oxygen atoms in total. The van der Waals surface area contributed by atoms with Crippen LogP contribution in [0, 0.1) is 12.3 Å². The Morgan fingerprint density at radius 2 is 2.07 bits per heavy atom. The molecule has 14 heavy (non-hydrogen) atoms. The number of rotatable bonds is 2. The van der Waals surface area contributed by atoms with Crippen molar-refractivity contribution in [3.8, 4) is 0 Å². The van der Waals surface area contributed by atoms with E-state index >= 15 is 0 Å². The monoisotopic (exact) mass is 276 g/mol. The Balaban J connectivity index is 2.75. The highest BCUT2D eigenvalue weighted by Crippen LogP contribution is 2.36.